The molecule has 4 amide bonds. The lowest BCUT2D eigenvalue weighted by molar-refractivity contribution is -0.135. The molecule has 1 N–H and O–H groups in total. The number of imide groups is 1. The second-order valence-electron chi connectivity index (χ2n) is 10.0. The molecule has 3 aliphatic rings. The Kier molecular flexibility index (Phi) is 7.36. The number of amides is 4. The summed E-state index contributed by atoms with van der Waals surface area (Å²) in [6.07, 6.45) is 7.01. The molecule has 8 heteroatoms. The molecule has 2 heterocycles. The summed E-state index contributed by atoms with van der Waals surface area (Å²) in [7, 11) is 3.91. The van der Waals surface area contributed by atoms with Crippen LogP contribution in [0.25, 0.3) is 0 Å². The molecule has 184 valence electrons. The zero-order valence-electron chi connectivity index (χ0n) is 20.2. The third-order valence-electron chi connectivity index (χ3n) is 7.36. The highest BCUT2D eigenvalue weighted by atomic mass is 19.1. The maximum Gasteiger partial charge on any atom is 0.325 e. The summed E-state index contributed by atoms with van der Waals surface area (Å²) in [5, 5.41) is 3.03. The van der Waals surface area contributed by atoms with Gasteiger partial charge in [-0.15, -0.1) is 0 Å². The Bertz CT molecular complexity index is 971. The SMILES string of the molecule is CN(C)CCCN1C(=O)N[C@@](Cc2cccc(F)c2)(C2CCN(C(=O)C3=CCCC3)CC2)C1=O. The highest BCUT2D eigenvalue weighted by Gasteiger charge is 2.55. The minimum Gasteiger partial charge on any atom is -0.339 e. The molecule has 0 spiro atoms. The third kappa shape index (κ3) is 5.02. The van der Waals surface area contributed by atoms with Crippen molar-refractivity contribution in [1.29, 1.82) is 0 Å². The van der Waals surface area contributed by atoms with Gasteiger partial charge in [0.1, 0.15) is 11.4 Å². The Morgan fingerprint density at radius 3 is 2.65 bits per heavy atom. The van der Waals surface area contributed by atoms with Crippen LogP contribution in [0.2, 0.25) is 0 Å². The van der Waals surface area contributed by atoms with Gasteiger partial charge in [-0.1, -0.05) is 18.2 Å². The molecule has 4 rings (SSSR count). The summed E-state index contributed by atoms with van der Waals surface area (Å²) in [4.78, 5) is 44.8. The topological polar surface area (TPSA) is 73.0 Å². The van der Waals surface area contributed by atoms with Crippen LogP contribution < -0.4 is 5.32 Å². The van der Waals surface area contributed by atoms with Gasteiger partial charge in [0.25, 0.3) is 5.91 Å². The van der Waals surface area contributed by atoms with Gasteiger partial charge < -0.3 is 15.1 Å². The molecule has 0 bridgehead atoms. The highest BCUT2D eigenvalue weighted by molar-refractivity contribution is 6.07. The molecule has 2 saturated heterocycles. The lowest BCUT2D eigenvalue weighted by Crippen LogP contribution is -2.58. The van der Waals surface area contributed by atoms with Gasteiger partial charge in [-0.3, -0.25) is 14.5 Å². The normalized spacial score (nSPS) is 23.6. The Morgan fingerprint density at radius 2 is 2.00 bits per heavy atom. The number of piperidine rings is 1. The first-order valence-electron chi connectivity index (χ1n) is 12.3. The van der Waals surface area contributed by atoms with Gasteiger partial charge >= 0.3 is 6.03 Å². The first kappa shape index (κ1) is 24.4. The fraction of sp³-hybridized carbons (Fsp3) is 0.577. The monoisotopic (exact) mass is 470 g/mol. The van der Waals surface area contributed by atoms with Crippen LogP contribution in [-0.2, 0) is 16.0 Å². The van der Waals surface area contributed by atoms with E-state index in [0.717, 1.165) is 31.4 Å². The second kappa shape index (κ2) is 10.3. The lowest BCUT2D eigenvalue weighted by Gasteiger charge is -2.41. The smallest absolute Gasteiger partial charge is 0.325 e. The molecule has 0 aromatic heterocycles. The van der Waals surface area contributed by atoms with Crippen LogP contribution in [0.15, 0.2) is 35.9 Å². The molecule has 0 unspecified atom stereocenters. The van der Waals surface area contributed by atoms with E-state index in [9.17, 15) is 18.8 Å². The van der Waals surface area contributed by atoms with Crippen LogP contribution in [0, 0.1) is 11.7 Å². The van der Waals surface area contributed by atoms with Crippen molar-refractivity contribution in [2.75, 3.05) is 40.3 Å². The van der Waals surface area contributed by atoms with Crippen molar-refractivity contribution in [1.82, 2.24) is 20.0 Å². The third-order valence-corrected chi connectivity index (χ3v) is 7.36. The summed E-state index contributed by atoms with van der Waals surface area (Å²) in [6.45, 7) is 2.22. The first-order valence-corrected chi connectivity index (χ1v) is 12.3. The number of nitrogens with zero attached hydrogens (tertiary/aromatic N) is 3. The minimum absolute atomic E-state index is 0.0993. The maximum absolute atomic E-state index is 14.0. The number of hydrogen-bond acceptors (Lipinski definition) is 4. The van der Waals surface area contributed by atoms with Crippen LogP contribution >= 0.6 is 0 Å². The van der Waals surface area contributed by atoms with Gasteiger partial charge in [-0.05, 0) is 82.8 Å². The number of carbonyl (C=O) groups is 3. The highest BCUT2D eigenvalue weighted by Crippen LogP contribution is 2.37. The Balaban J connectivity index is 1.53. The van der Waals surface area contributed by atoms with E-state index in [0.29, 0.717) is 44.5 Å². The second-order valence-corrected chi connectivity index (χ2v) is 10.0. The van der Waals surface area contributed by atoms with E-state index < -0.39 is 5.54 Å². The van der Waals surface area contributed by atoms with E-state index in [4.69, 9.17) is 0 Å². The van der Waals surface area contributed by atoms with E-state index >= 15 is 0 Å². The molecule has 34 heavy (non-hydrogen) atoms. The van der Waals surface area contributed by atoms with Crippen molar-refractivity contribution in [3.05, 3.63) is 47.3 Å². The molecular weight excluding hydrogens is 435 g/mol. The summed E-state index contributed by atoms with van der Waals surface area (Å²) < 4.78 is 14.0. The fourth-order valence-corrected chi connectivity index (χ4v) is 5.55. The summed E-state index contributed by atoms with van der Waals surface area (Å²) in [5.74, 6) is -0.629. The number of carbonyl (C=O) groups excluding carboxylic acids is 3. The van der Waals surface area contributed by atoms with E-state index in [2.05, 4.69) is 5.32 Å². The summed E-state index contributed by atoms with van der Waals surface area (Å²) in [6, 6.07) is 5.85. The van der Waals surface area contributed by atoms with Gasteiger partial charge in [-0.2, -0.15) is 0 Å². The zero-order valence-corrected chi connectivity index (χ0v) is 20.2. The minimum atomic E-state index is -1.12. The predicted octanol–water partition coefficient (Wildman–Crippen LogP) is 2.96. The molecular formula is C26H35FN4O3. The summed E-state index contributed by atoms with van der Waals surface area (Å²) >= 11 is 0. The van der Waals surface area contributed by atoms with Crippen LogP contribution in [0.1, 0.15) is 44.1 Å². The molecule has 1 aromatic rings. The molecule has 0 saturated carbocycles. The standard InChI is InChI=1S/C26H35FN4O3/c1-29(2)13-6-14-31-24(33)26(28-25(31)34,18-19-7-5-10-22(27)17-19)21-11-15-30(16-12-21)23(32)20-8-3-4-9-20/h5,7-8,10,17,21H,3-4,6,9,11-16,18H2,1-2H3,(H,28,34)/t26-/m0/s1. The Hall–Kier alpha value is -2.74. The summed E-state index contributed by atoms with van der Waals surface area (Å²) in [5.41, 5.74) is 0.453. The Labute approximate surface area is 201 Å². The van der Waals surface area contributed by atoms with Gasteiger partial charge in [0, 0.05) is 31.6 Å². The van der Waals surface area contributed by atoms with Gasteiger partial charge in [0.05, 0.1) is 0 Å². The van der Waals surface area contributed by atoms with E-state index in [-0.39, 0.29) is 36.0 Å². The van der Waals surface area contributed by atoms with Crippen molar-refractivity contribution >= 4 is 17.8 Å². The maximum atomic E-state index is 14.0. The molecule has 1 aliphatic carbocycles. The average Bonchev–Trinajstić information content (AvgIpc) is 3.42. The number of allylic oxidation sites excluding steroid dienone is 1. The van der Waals surface area contributed by atoms with Crippen LogP contribution in [0.5, 0.6) is 0 Å². The molecule has 2 fully saturated rings. The number of nitrogens with one attached hydrogen (secondary N) is 1. The molecule has 1 aromatic carbocycles. The van der Waals surface area contributed by atoms with E-state index in [1.54, 1.807) is 12.1 Å². The number of urea groups is 1. The van der Waals surface area contributed by atoms with Crippen molar-refractivity contribution in [2.24, 2.45) is 5.92 Å². The van der Waals surface area contributed by atoms with Crippen LogP contribution in [0.4, 0.5) is 9.18 Å². The number of hydrogen-bond donors (Lipinski definition) is 1. The van der Waals surface area contributed by atoms with Crippen molar-refractivity contribution in [3.63, 3.8) is 0 Å². The molecule has 1 atom stereocenters. The lowest BCUT2D eigenvalue weighted by atomic mass is 9.73. The predicted molar refractivity (Wildman–Crippen MR) is 127 cm³/mol. The molecule has 0 radical (unpaired) electrons. The van der Waals surface area contributed by atoms with E-state index in [1.165, 1.54) is 17.0 Å². The van der Waals surface area contributed by atoms with Crippen LogP contribution in [-0.4, -0.2) is 78.4 Å². The van der Waals surface area contributed by atoms with E-state index in [1.807, 2.05) is 30.0 Å². The quantitative estimate of drug-likeness (QED) is 0.593. The van der Waals surface area contributed by atoms with Gasteiger partial charge in [0.15, 0.2) is 0 Å². The number of benzene rings is 1. The molecule has 7 nitrogen and oxygen atoms in total. The Morgan fingerprint density at radius 1 is 1.24 bits per heavy atom. The van der Waals surface area contributed by atoms with Crippen molar-refractivity contribution < 1.29 is 18.8 Å². The first-order chi connectivity index (χ1) is 16.3. The van der Waals surface area contributed by atoms with Crippen LogP contribution in [0.3, 0.4) is 0 Å². The average molecular weight is 471 g/mol. The largest absolute Gasteiger partial charge is 0.339 e. The van der Waals surface area contributed by atoms with Crippen molar-refractivity contribution in [3.8, 4) is 0 Å². The molecule has 2 aliphatic heterocycles. The zero-order chi connectivity index (χ0) is 24.3. The van der Waals surface area contributed by atoms with Crippen molar-refractivity contribution in [2.45, 2.75) is 50.5 Å². The number of halogens is 1. The van der Waals surface area contributed by atoms with Gasteiger partial charge in [-0.25, -0.2) is 9.18 Å². The van der Waals surface area contributed by atoms with Gasteiger partial charge in [0.2, 0.25) is 5.91 Å². The fourth-order valence-electron chi connectivity index (χ4n) is 5.55. The number of rotatable bonds is 8. The number of likely N-dealkylation sites (tertiary alicyclic amines) is 1.